The van der Waals surface area contributed by atoms with Gasteiger partial charge in [-0.1, -0.05) is 55.8 Å². The average molecular weight is 261 g/mol. The molecule has 0 fully saturated rings. The lowest BCUT2D eigenvalue weighted by atomic mass is 9.87. The molecule has 19 heavy (non-hydrogen) atoms. The van der Waals surface area contributed by atoms with Gasteiger partial charge in [-0.05, 0) is 31.2 Å². The monoisotopic (exact) mass is 261 g/mol. The van der Waals surface area contributed by atoms with Crippen LogP contribution < -0.4 is 5.32 Å². The fraction of sp³-hybridized carbons (Fsp3) is 0.529. The van der Waals surface area contributed by atoms with Crippen molar-refractivity contribution in [2.45, 2.75) is 40.2 Å². The van der Waals surface area contributed by atoms with Gasteiger partial charge in [-0.3, -0.25) is 0 Å². The summed E-state index contributed by atoms with van der Waals surface area (Å²) in [4.78, 5) is 0. The second-order valence-electron chi connectivity index (χ2n) is 6.22. The van der Waals surface area contributed by atoms with Crippen LogP contribution in [0.1, 0.15) is 39.7 Å². The number of hydrogen-bond acceptors (Lipinski definition) is 2. The Bertz CT molecular complexity index is 393. The molecule has 0 heterocycles. The van der Waals surface area contributed by atoms with E-state index in [1.165, 1.54) is 11.1 Å². The van der Waals surface area contributed by atoms with Crippen LogP contribution in [0.25, 0.3) is 6.08 Å². The molecular formula is C17H27NO. The van der Waals surface area contributed by atoms with E-state index < -0.39 is 0 Å². The maximum absolute atomic E-state index is 9.45. The zero-order valence-corrected chi connectivity index (χ0v) is 12.6. The van der Waals surface area contributed by atoms with Gasteiger partial charge in [0.15, 0.2) is 0 Å². The molecule has 0 radical (unpaired) electrons. The van der Waals surface area contributed by atoms with Crippen LogP contribution in [-0.4, -0.2) is 24.3 Å². The van der Waals surface area contributed by atoms with Gasteiger partial charge in [-0.15, -0.1) is 0 Å². The Morgan fingerprint density at radius 1 is 1.32 bits per heavy atom. The molecule has 0 saturated carbocycles. The molecule has 0 aliphatic carbocycles. The fourth-order valence-electron chi connectivity index (χ4n) is 2.35. The number of aliphatic hydroxyl groups excluding tert-OH is 1. The van der Waals surface area contributed by atoms with Crippen molar-refractivity contribution in [3.8, 4) is 0 Å². The van der Waals surface area contributed by atoms with Gasteiger partial charge in [0, 0.05) is 13.1 Å². The molecule has 1 aromatic carbocycles. The number of benzene rings is 1. The lowest BCUT2D eigenvalue weighted by Gasteiger charge is -2.26. The van der Waals surface area contributed by atoms with Crippen molar-refractivity contribution < 1.29 is 5.11 Å². The van der Waals surface area contributed by atoms with E-state index in [4.69, 9.17) is 0 Å². The molecule has 0 saturated heterocycles. The fourth-order valence-corrected chi connectivity index (χ4v) is 2.35. The summed E-state index contributed by atoms with van der Waals surface area (Å²) in [5.41, 5.74) is 2.69. The Morgan fingerprint density at radius 2 is 1.95 bits per heavy atom. The zero-order chi connectivity index (χ0) is 14.3. The first-order chi connectivity index (χ1) is 8.89. The Morgan fingerprint density at radius 3 is 2.53 bits per heavy atom. The molecule has 0 aliphatic heterocycles. The van der Waals surface area contributed by atoms with Crippen LogP contribution in [0.5, 0.6) is 0 Å². The van der Waals surface area contributed by atoms with Crippen LogP contribution in [0.4, 0.5) is 0 Å². The zero-order valence-electron chi connectivity index (χ0n) is 12.6. The highest BCUT2D eigenvalue weighted by atomic mass is 16.3. The second kappa shape index (κ2) is 7.46. The first-order valence-corrected chi connectivity index (χ1v) is 7.00. The highest BCUT2D eigenvalue weighted by Gasteiger charge is 2.19. The minimum Gasteiger partial charge on any atom is -0.393 e. The van der Waals surface area contributed by atoms with E-state index in [1.54, 1.807) is 0 Å². The van der Waals surface area contributed by atoms with Crippen LogP contribution >= 0.6 is 0 Å². The minimum atomic E-state index is -0.238. The quantitative estimate of drug-likeness (QED) is 0.787. The maximum Gasteiger partial charge on any atom is 0.0517 e. The van der Waals surface area contributed by atoms with Crippen molar-refractivity contribution in [1.29, 1.82) is 0 Å². The summed E-state index contributed by atoms with van der Waals surface area (Å²) in [6, 6.07) is 10.4. The van der Waals surface area contributed by atoms with Gasteiger partial charge in [0.1, 0.15) is 0 Å². The number of aliphatic hydroxyl groups is 1. The standard InChI is InChI=1S/C17H27NO/c1-14(10-16-8-6-5-7-9-16)12-18-13-17(3,4)11-15(2)19/h5-10,15,18-19H,11-13H2,1-4H3. The van der Waals surface area contributed by atoms with Gasteiger partial charge in [0.25, 0.3) is 0 Å². The van der Waals surface area contributed by atoms with Crippen molar-refractivity contribution in [2.75, 3.05) is 13.1 Å². The summed E-state index contributed by atoms with van der Waals surface area (Å²) in [6.07, 6.45) is 2.79. The topological polar surface area (TPSA) is 32.3 Å². The molecule has 0 amide bonds. The summed E-state index contributed by atoms with van der Waals surface area (Å²) in [7, 11) is 0. The summed E-state index contributed by atoms with van der Waals surface area (Å²) < 4.78 is 0. The van der Waals surface area contributed by atoms with Crippen LogP contribution in [0.3, 0.4) is 0 Å². The summed E-state index contributed by atoms with van der Waals surface area (Å²) in [5, 5.41) is 12.9. The van der Waals surface area contributed by atoms with Gasteiger partial charge in [0.2, 0.25) is 0 Å². The van der Waals surface area contributed by atoms with Crippen LogP contribution in [0.15, 0.2) is 35.9 Å². The molecule has 2 nitrogen and oxygen atoms in total. The Balaban J connectivity index is 2.39. The molecule has 0 spiro atoms. The van der Waals surface area contributed by atoms with Gasteiger partial charge in [-0.25, -0.2) is 0 Å². The lowest BCUT2D eigenvalue weighted by Crippen LogP contribution is -2.32. The van der Waals surface area contributed by atoms with E-state index >= 15 is 0 Å². The Hall–Kier alpha value is -1.12. The number of nitrogens with one attached hydrogen (secondary N) is 1. The predicted molar refractivity (Wildman–Crippen MR) is 83.0 cm³/mol. The summed E-state index contributed by atoms with van der Waals surface area (Å²) in [6.45, 7) is 10.2. The molecule has 0 aliphatic rings. The molecule has 1 atom stereocenters. The summed E-state index contributed by atoms with van der Waals surface area (Å²) in [5.74, 6) is 0. The van der Waals surface area contributed by atoms with E-state index in [1.807, 2.05) is 13.0 Å². The molecule has 1 aromatic rings. The minimum absolute atomic E-state index is 0.126. The largest absolute Gasteiger partial charge is 0.393 e. The van der Waals surface area contributed by atoms with E-state index in [0.717, 1.165) is 19.5 Å². The van der Waals surface area contributed by atoms with Crippen molar-refractivity contribution in [2.24, 2.45) is 5.41 Å². The molecule has 1 rings (SSSR count). The van der Waals surface area contributed by atoms with Crippen molar-refractivity contribution in [1.82, 2.24) is 5.32 Å². The van der Waals surface area contributed by atoms with E-state index in [2.05, 4.69) is 56.4 Å². The van der Waals surface area contributed by atoms with E-state index in [9.17, 15) is 5.11 Å². The first-order valence-electron chi connectivity index (χ1n) is 7.00. The van der Waals surface area contributed by atoms with Crippen LogP contribution in [-0.2, 0) is 0 Å². The molecule has 2 N–H and O–H groups in total. The third kappa shape index (κ3) is 7.14. The summed E-state index contributed by atoms with van der Waals surface area (Å²) >= 11 is 0. The van der Waals surface area contributed by atoms with Crippen molar-refractivity contribution in [3.63, 3.8) is 0 Å². The van der Waals surface area contributed by atoms with E-state index in [-0.39, 0.29) is 11.5 Å². The molecular weight excluding hydrogens is 234 g/mol. The molecule has 106 valence electrons. The van der Waals surface area contributed by atoms with Crippen LogP contribution in [0, 0.1) is 5.41 Å². The molecule has 0 aromatic heterocycles. The molecule has 2 heteroatoms. The smallest absolute Gasteiger partial charge is 0.0517 e. The molecule has 0 bridgehead atoms. The van der Waals surface area contributed by atoms with Crippen LogP contribution in [0.2, 0.25) is 0 Å². The van der Waals surface area contributed by atoms with Crippen molar-refractivity contribution >= 4 is 6.08 Å². The predicted octanol–water partition coefficient (Wildman–Crippen LogP) is 3.48. The Kier molecular flexibility index (Phi) is 6.26. The van der Waals surface area contributed by atoms with Gasteiger partial charge < -0.3 is 10.4 Å². The number of hydrogen-bond donors (Lipinski definition) is 2. The molecule has 1 unspecified atom stereocenters. The van der Waals surface area contributed by atoms with Gasteiger partial charge in [-0.2, -0.15) is 0 Å². The SMILES string of the molecule is CC(=Cc1ccccc1)CNCC(C)(C)CC(C)O. The lowest BCUT2D eigenvalue weighted by molar-refractivity contribution is 0.129. The second-order valence-corrected chi connectivity index (χ2v) is 6.22. The highest BCUT2D eigenvalue weighted by Crippen LogP contribution is 2.21. The highest BCUT2D eigenvalue weighted by molar-refractivity contribution is 5.52. The van der Waals surface area contributed by atoms with Crippen molar-refractivity contribution in [3.05, 3.63) is 41.5 Å². The normalized spacial score (nSPS) is 14.5. The van der Waals surface area contributed by atoms with Gasteiger partial charge >= 0.3 is 0 Å². The maximum atomic E-state index is 9.45. The van der Waals surface area contributed by atoms with E-state index in [0.29, 0.717) is 0 Å². The first kappa shape index (κ1) is 15.9. The average Bonchev–Trinajstić information content (AvgIpc) is 2.28. The third-order valence-electron chi connectivity index (χ3n) is 3.07. The number of rotatable bonds is 7. The third-order valence-corrected chi connectivity index (χ3v) is 3.07. The van der Waals surface area contributed by atoms with Gasteiger partial charge in [0.05, 0.1) is 6.10 Å². The Labute approximate surface area is 117 Å².